The molecule has 0 spiro atoms. The molecule has 2 aromatic carbocycles. The summed E-state index contributed by atoms with van der Waals surface area (Å²) in [5.74, 6) is -1.49. The number of aromatic nitrogens is 2. The number of imide groups is 2. The van der Waals surface area contributed by atoms with Gasteiger partial charge in [-0.3, -0.25) is 54.0 Å². The SMILES string of the molecule is Cn1cc(-c2cc3c(cc2C(F)F)N(C(=N)/C(CNC=O)=C(/CCC2CC2)NC2CCN(C(=O)CN4Cc5cc6c(cc5C4)C(=O)N(C4CCC(=O)NC4=O)C6=O)CC2)CCC3)cn1. The highest BCUT2D eigenvalue weighted by Crippen LogP contribution is 2.40. The standard InChI is InChI=1S/C46H52F2N10O6/c1-54-21-30(19-51-54)32-15-27-3-2-12-57(39(27)18-33(32)42(47)48)43(49)36(20-50-25-59)37(7-6-26-4-5-26)52-31-10-13-56(14-11-31)41(61)24-55-22-28-16-34-35(17-29(28)23-55)46(64)58(45(34)63)38-8-9-40(60)53-44(38)62/h15-19,21,25-26,31,38,42,49,52H,2-14,20,22-24H2,1H3,(H,50,59)(H,53,60,62)/b37-36-,49-43?. The second-order valence-corrected chi connectivity index (χ2v) is 17.9. The molecule has 16 nitrogen and oxygen atoms in total. The first kappa shape index (κ1) is 43.0. The molecule has 0 radical (unpaired) electrons. The number of piperidine rings is 2. The van der Waals surface area contributed by atoms with Gasteiger partial charge in [0.05, 0.1) is 23.9 Å². The number of amidine groups is 1. The molecule has 4 N–H and O–H groups in total. The van der Waals surface area contributed by atoms with Crippen molar-refractivity contribution in [3.63, 3.8) is 0 Å². The molecule has 1 saturated carbocycles. The lowest BCUT2D eigenvalue weighted by atomic mass is 9.92. The van der Waals surface area contributed by atoms with E-state index in [-0.39, 0.29) is 60.4 Å². The van der Waals surface area contributed by atoms with Crippen LogP contribution in [-0.4, -0.2) is 111 Å². The summed E-state index contributed by atoms with van der Waals surface area (Å²) in [5.41, 5.74) is 5.94. The zero-order chi connectivity index (χ0) is 44.8. The Morgan fingerprint density at radius 3 is 2.27 bits per heavy atom. The molecule has 0 bridgehead atoms. The molecule has 1 atom stereocenters. The Kier molecular flexibility index (Phi) is 11.9. The minimum absolute atomic E-state index is 0.00774. The highest BCUT2D eigenvalue weighted by molar-refractivity contribution is 6.23. The van der Waals surface area contributed by atoms with Gasteiger partial charge in [-0.2, -0.15) is 5.10 Å². The number of aryl methyl sites for hydroxylation is 2. The normalized spacial score (nSPS) is 20.6. The number of amides is 6. The van der Waals surface area contributed by atoms with Gasteiger partial charge in [0.15, 0.2) is 0 Å². The Balaban J connectivity index is 0.862. The number of carbonyl (C=O) groups excluding carboxylic acids is 6. The highest BCUT2D eigenvalue weighted by atomic mass is 19.3. The van der Waals surface area contributed by atoms with Crippen LogP contribution in [0.15, 0.2) is 47.9 Å². The number of rotatable bonds is 14. The maximum atomic E-state index is 14.7. The summed E-state index contributed by atoms with van der Waals surface area (Å²) < 4.78 is 30.9. The highest BCUT2D eigenvalue weighted by Gasteiger charge is 2.45. The third-order valence-corrected chi connectivity index (χ3v) is 13.5. The molecule has 1 unspecified atom stereocenters. The lowest BCUT2D eigenvalue weighted by Gasteiger charge is -2.36. The van der Waals surface area contributed by atoms with Crippen molar-refractivity contribution in [3.05, 3.63) is 81.3 Å². The number of benzene rings is 2. The van der Waals surface area contributed by atoms with E-state index in [1.165, 1.54) is 6.07 Å². The molecule has 6 aliphatic rings. The predicted octanol–water partition coefficient (Wildman–Crippen LogP) is 3.94. The maximum absolute atomic E-state index is 14.7. The number of halogens is 2. The number of alkyl halides is 2. The van der Waals surface area contributed by atoms with Gasteiger partial charge in [-0.25, -0.2) is 8.78 Å². The zero-order valence-electron chi connectivity index (χ0n) is 35.8. The van der Waals surface area contributed by atoms with Crippen molar-refractivity contribution in [2.24, 2.45) is 13.0 Å². The van der Waals surface area contributed by atoms with Crippen LogP contribution in [-0.2, 0) is 45.7 Å². The van der Waals surface area contributed by atoms with E-state index in [2.05, 4.69) is 21.0 Å². The van der Waals surface area contributed by atoms with Gasteiger partial charge >= 0.3 is 0 Å². The predicted molar refractivity (Wildman–Crippen MR) is 230 cm³/mol. The number of hydrogen-bond acceptors (Lipinski definition) is 10. The van der Waals surface area contributed by atoms with E-state index in [0.717, 1.165) is 53.0 Å². The molecule has 336 valence electrons. The maximum Gasteiger partial charge on any atom is 0.264 e. The van der Waals surface area contributed by atoms with Gasteiger partial charge in [0.25, 0.3) is 18.2 Å². The van der Waals surface area contributed by atoms with Crippen molar-refractivity contribution >= 4 is 47.5 Å². The fourth-order valence-electron chi connectivity index (χ4n) is 9.94. The number of nitrogens with one attached hydrogen (secondary N) is 4. The van der Waals surface area contributed by atoms with E-state index < -0.39 is 36.1 Å². The van der Waals surface area contributed by atoms with Gasteiger partial charge in [0.1, 0.15) is 11.9 Å². The summed E-state index contributed by atoms with van der Waals surface area (Å²) in [6.45, 7) is 2.57. The van der Waals surface area contributed by atoms with Crippen LogP contribution in [0.2, 0.25) is 0 Å². The molecule has 2 saturated heterocycles. The summed E-state index contributed by atoms with van der Waals surface area (Å²) in [6.07, 6.45) is 7.86. The summed E-state index contributed by atoms with van der Waals surface area (Å²) in [5, 5.41) is 22.5. The Bertz CT molecular complexity index is 2430. The molecule has 1 aliphatic carbocycles. The first-order valence-corrected chi connectivity index (χ1v) is 22.2. The van der Waals surface area contributed by atoms with Crippen molar-refractivity contribution in [1.82, 2.24) is 40.4 Å². The minimum Gasteiger partial charge on any atom is -0.385 e. The van der Waals surface area contributed by atoms with Gasteiger partial charge in [0.2, 0.25) is 24.1 Å². The Morgan fingerprint density at radius 2 is 1.64 bits per heavy atom. The number of carbonyl (C=O) groups is 6. The Hall–Kier alpha value is -6.30. The zero-order valence-corrected chi connectivity index (χ0v) is 35.8. The molecule has 18 heteroatoms. The Labute approximate surface area is 368 Å². The lowest BCUT2D eigenvalue weighted by Crippen LogP contribution is -2.54. The second-order valence-electron chi connectivity index (χ2n) is 17.9. The number of anilines is 1. The molecule has 5 aliphatic heterocycles. The number of hydrogen-bond donors (Lipinski definition) is 4. The molecular weight excluding hydrogens is 827 g/mol. The third kappa shape index (κ3) is 8.54. The molecule has 64 heavy (non-hydrogen) atoms. The fourth-order valence-corrected chi connectivity index (χ4v) is 9.94. The van der Waals surface area contributed by atoms with Gasteiger partial charge in [-0.05, 0) is 97.4 Å². The van der Waals surface area contributed by atoms with Crippen molar-refractivity contribution in [3.8, 4) is 11.1 Å². The topological polar surface area (TPSA) is 193 Å². The Morgan fingerprint density at radius 1 is 0.938 bits per heavy atom. The van der Waals surface area contributed by atoms with Crippen molar-refractivity contribution in [2.45, 2.75) is 95.8 Å². The average Bonchev–Trinajstić information content (AvgIpc) is 3.80. The second kappa shape index (κ2) is 17.7. The third-order valence-electron chi connectivity index (χ3n) is 13.5. The summed E-state index contributed by atoms with van der Waals surface area (Å²) in [4.78, 5) is 82.9. The van der Waals surface area contributed by atoms with Crippen LogP contribution < -0.4 is 20.9 Å². The smallest absolute Gasteiger partial charge is 0.264 e. The van der Waals surface area contributed by atoms with Crippen LogP contribution in [0.25, 0.3) is 11.1 Å². The largest absolute Gasteiger partial charge is 0.385 e. The summed E-state index contributed by atoms with van der Waals surface area (Å²) >= 11 is 0. The average molecular weight is 879 g/mol. The van der Waals surface area contributed by atoms with Crippen molar-refractivity contribution in [2.75, 3.05) is 37.6 Å². The van der Waals surface area contributed by atoms with E-state index in [1.807, 2.05) is 9.80 Å². The van der Waals surface area contributed by atoms with Crippen LogP contribution >= 0.6 is 0 Å². The van der Waals surface area contributed by atoms with E-state index >= 15 is 0 Å². The quantitative estimate of drug-likeness (QED) is 0.0799. The van der Waals surface area contributed by atoms with Crippen LogP contribution in [0, 0.1) is 11.3 Å². The van der Waals surface area contributed by atoms with Crippen molar-refractivity contribution < 1.29 is 37.5 Å². The van der Waals surface area contributed by atoms with Gasteiger partial charge in [-0.1, -0.05) is 12.8 Å². The molecule has 1 aromatic heterocycles. The molecule has 9 rings (SSSR count). The van der Waals surface area contributed by atoms with E-state index in [0.29, 0.717) is 93.1 Å². The van der Waals surface area contributed by atoms with Gasteiger partial charge < -0.3 is 20.4 Å². The van der Waals surface area contributed by atoms with Crippen LogP contribution in [0.3, 0.4) is 0 Å². The molecular formula is C46H52F2N10O6. The monoisotopic (exact) mass is 878 g/mol. The first-order valence-electron chi connectivity index (χ1n) is 22.2. The minimum atomic E-state index is -2.74. The van der Waals surface area contributed by atoms with Crippen molar-refractivity contribution in [1.29, 1.82) is 5.41 Å². The summed E-state index contributed by atoms with van der Waals surface area (Å²) in [6, 6.07) is 5.65. The number of likely N-dealkylation sites (tertiary alicyclic amines) is 1. The summed E-state index contributed by atoms with van der Waals surface area (Å²) in [7, 11) is 1.74. The molecule has 3 fully saturated rings. The fraction of sp³-hybridized carbons (Fsp3) is 0.478. The number of fused-ring (bicyclic) bond motifs is 3. The van der Waals surface area contributed by atoms with Gasteiger partial charge in [0, 0.05) is 93.1 Å². The van der Waals surface area contributed by atoms with Gasteiger partial charge in [-0.15, -0.1) is 0 Å². The van der Waals surface area contributed by atoms with E-state index in [4.69, 9.17) is 0 Å². The van der Waals surface area contributed by atoms with Crippen LogP contribution in [0.1, 0.15) is 107 Å². The first-order chi connectivity index (χ1) is 30.9. The van der Waals surface area contributed by atoms with E-state index in [9.17, 15) is 43.0 Å². The molecule has 6 heterocycles. The lowest BCUT2D eigenvalue weighted by molar-refractivity contribution is -0.136. The van der Waals surface area contributed by atoms with Crippen LogP contribution in [0.4, 0.5) is 14.5 Å². The number of nitrogens with zero attached hydrogens (tertiary/aromatic N) is 6. The molecule has 6 amide bonds. The molecule has 3 aromatic rings. The van der Waals surface area contributed by atoms with E-state index in [1.54, 1.807) is 47.2 Å². The number of allylic oxidation sites excluding steroid dienone is 1. The van der Waals surface area contributed by atoms with Crippen LogP contribution in [0.5, 0.6) is 0 Å².